The van der Waals surface area contributed by atoms with Crippen LogP contribution < -0.4 is 10.7 Å². The Balaban J connectivity index is 1.38. The highest BCUT2D eigenvalue weighted by Crippen LogP contribution is 2.22. The predicted octanol–water partition coefficient (Wildman–Crippen LogP) is 4.05. The van der Waals surface area contributed by atoms with Gasteiger partial charge in [-0.3, -0.25) is 19.8 Å². The van der Waals surface area contributed by atoms with Gasteiger partial charge in [-0.15, -0.1) is 0 Å². The quantitative estimate of drug-likeness (QED) is 0.176. The Morgan fingerprint density at radius 1 is 0.919 bits per heavy atom. The number of hydrogen-bond donors (Lipinski definition) is 3. The average Bonchev–Trinajstić information content (AvgIpc) is 2.94. The van der Waals surface area contributed by atoms with Gasteiger partial charge >= 0.3 is 0 Å². The van der Waals surface area contributed by atoms with Crippen LogP contribution in [0.15, 0.2) is 101 Å². The third kappa shape index (κ3) is 7.16. The van der Waals surface area contributed by atoms with E-state index < -0.39 is 0 Å². The van der Waals surface area contributed by atoms with Crippen LogP contribution in [-0.2, 0) is 0 Å². The first-order valence-corrected chi connectivity index (χ1v) is 11.9. The minimum atomic E-state index is -0.326. The summed E-state index contributed by atoms with van der Waals surface area (Å²) in [6.45, 7) is 2.99. The van der Waals surface area contributed by atoms with Crippen LogP contribution in [0, 0.1) is 6.92 Å². The highest BCUT2D eigenvalue weighted by Gasteiger charge is 2.15. The fourth-order valence-corrected chi connectivity index (χ4v) is 3.74. The molecule has 0 fully saturated rings. The van der Waals surface area contributed by atoms with Crippen molar-refractivity contribution in [3.63, 3.8) is 0 Å². The Morgan fingerprint density at radius 2 is 1.54 bits per heavy atom. The number of phenols is 1. The lowest BCUT2D eigenvalue weighted by Crippen LogP contribution is -2.26. The number of carbonyl (C=O) groups is 1. The van der Waals surface area contributed by atoms with E-state index in [1.807, 2.05) is 55.5 Å². The summed E-state index contributed by atoms with van der Waals surface area (Å²) in [5.74, 6) is -0.284. The zero-order valence-corrected chi connectivity index (χ0v) is 20.5. The van der Waals surface area contributed by atoms with Crippen molar-refractivity contribution in [3.05, 3.63) is 125 Å². The lowest BCUT2D eigenvalue weighted by molar-refractivity contribution is 0.0955. The second-order valence-corrected chi connectivity index (χ2v) is 8.29. The summed E-state index contributed by atoms with van der Waals surface area (Å²) < 4.78 is 0. The van der Waals surface area contributed by atoms with Gasteiger partial charge in [-0.2, -0.15) is 5.10 Å². The molecule has 0 spiro atoms. The fraction of sp³-hybridized carbons (Fsp3) is 0.138. The number of aromatic hydroxyl groups is 1. The highest BCUT2D eigenvalue weighted by atomic mass is 16.3. The topological polar surface area (TPSA) is 112 Å². The number of hydrogen-bond acceptors (Lipinski definition) is 7. The first-order chi connectivity index (χ1) is 18.1. The molecule has 37 heavy (non-hydrogen) atoms. The maximum Gasteiger partial charge on any atom is 0.271 e. The second kappa shape index (κ2) is 12.9. The minimum absolute atomic E-state index is 0.0415. The monoisotopic (exact) mass is 492 g/mol. The summed E-state index contributed by atoms with van der Waals surface area (Å²) in [7, 11) is 0. The molecule has 8 nitrogen and oxygen atoms in total. The van der Waals surface area contributed by atoms with Crippen molar-refractivity contribution in [1.82, 2.24) is 20.7 Å². The van der Waals surface area contributed by atoms with Crippen molar-refractivity contribution in [2.24, 2.45) is 10.1 Å². The number of nitrogens with one attached hydrogen (secondary N) is 2. The molecule has 4 rings (SSSR count). The Kier molecular flexibility index (Phi) is 8.82. The molecule has 0 bridgehead atoms. The summed E-state index contributed by atoms with van der Waals surface area (Å²) in [4.78, 5) is 25.6. The van der Waals surface area contributed by atoms with E-state index in [1.165, 1.54) is 6.21 Å². The zero-order chi connectivity index (χ0) is 25.9. The number of aryl methyl sites for hydroxylation is 1. The molecular formula is C29H28N6O2. The third-order valence-corrected chi connectivity index (χ3v) is 5.51. The van der Waals surface area contributed by atoms with Crippen molar-refractivity contribution in [2.75, 3.05) is 13.1 Å². The molecular weight excluding hydrogens is 464 g/mol. The maximum absolute atomic E-state index is 12.2. The molecule has 2 heterocycles. The van der Waals surface area contributed by atoms with Gasteiger partial charge in [0.25, 0.3) is 5.91 Å². The molecule has 0 unspecified atom stereocenters. The van der Waals surface area contributed by atoms with E-state index in [0.29, 0.717) is 29.8 Å². The van der Waals surface area contributed by atoms with Crippen LogP contribution in [-0.4, -0.2) is 46.5 Å². The Labute approximate surface area is 215 Å². The zero-order valence-electron chi connectivity index (χ0n) is 20.5. The minimum Gasteiger partial charge on any atom is -0.507 e. The Bertz CT molecular complexity index is 1320. The van der Waals surface area contributed by atoms with Gasteiger partial charge in [-0.05, 0) is 61.0 Å². The van der Waals surface area contributed by atoms with Crippen molar-refractivity contribution in [2.45, 2.75) is 13.0 Å². The first-order valence-electron chi connectivity index (χ1n) is 11.9. The Morgan fingerprint density at radius 3 is 2.16 bits per heavy atom. The van der Waals surface area contributed by atoms with E-state index in [1.54, 1.807) is 48.9 Å². The smallest absolute Gasteiger partial charge is 0.271 e. The number of benzene rings is 2. The van der Waals surface area contributed by atoms with Gasteiger partial charge in [0.05, 0.1) is 30.2 Å². The van der Waals surface area contributed by atoms with Crippen LogP contribution >= 0.6 is 0 Å². The fourth-order valence-electron chi connectivity index (χ4n) is 3.74. The number of pyridine rings is 2. The van der Waals surface area contributed by atoms with E-state index in [9.17, 15) is 9.90 Å². The molecule has 0 atom stereocenters. The molecule has 0 aliphatic heterocycles. The van der Waals surface area contributed by atoms with Crippen LogP contribution in [0.2, 0.25) is 0 Å². The molecule has 2 aromatic heterocycles. The molecule has 0 radical (unpaired) electrons. The summed E-state index contributed by atoms with van der Waals surface area (Å²) in [5.41, 5.74) is 6.72. The molecule has 0 aliphatic carbocycles. The number of hydrazone groups is 1. The van der Waals surface area contributed by atoms with Crippen LogP contribution in [0.4, 0.5) is 0 Å². The molecule has 0 saturated heterocycles. The van der Waals surface area contributed by atoms with E-state index in [4.69, 9.17) is 0 Å². The first kappa shape index (κ1) is 25.4. The van der Waals surface area contributed by atoms with E-state index in [2.05, 4.69) is 30.8 Å². The van der Waals surface area contributed by atoms with Gasteiger partial charge < -0.3 is 10.4 Å². The number of phenolic OH excluding ortho intramolecular Hbond substituents is 1. The molecule has 1 amide bonds. The van der Waals surface area contributed by atoms with E-state index in [0.717, 1.165) is 17.0 Å². The van der Waals surface area contributed by atoms with Gasteiger partial charge in [0, 0.05) is 41.8 Å². The molecule has 4 aromatic rings. The standard InChI is InChI=1S/C29H28N6O2/c1-21-17-23(28(36)24(18-21)20-34-35-29(37)22-9-3-2-4-10-22)19-30-15-16-33-27(25-11-5-7-13-31-25)26-12-6-8-14-32-26/h2-14,17-20,27,33,36H,15-16H2,1H3,(H,35,37). The second-order valence-electron chi connectivity index (χ2n) is 8.29. The summed E-state index contributed by atoms with van der Waals surface area (Å²) in [6, 6.07) is 23.9. The average molecular weight is 493 g/mol. The van der Waals surface area contributed by atoms with Gasteiger partial charge in [0.2, 0.25) is 0 Å². The van der Waals surface area contributed by atoms with Crippen molar-refractivity contribution in [3.8, 4) is 5.75 Å². The van der Waals surface area contributed by atoms with Crippen LogP contribution in [0.1, 0.15) is 44.5 Å². The third-order valence-electron chi connectivity index (χ3n) is 5.51. The maximum atomic E-state index is 12.2. The summed E-state index contributed by atoms with van der Waals surface area (Å²) in [5, 5.41) is 18.2. The Hall–Kier alpha value is -4.69. The lowest BCUT2D eigenvalue weighted by Gasteiger charge is -2.17. The van der Waals surface area contributed by atoms with Crippen molar-refractivity contribution in [1.29, 1.82) is 0 Å². The predicted molar refractivity (Wildman–Crippen MR) is 145 cm³/mol. The molecule has 3 N–H and O–H groups in total. The normalized spacial score (nSPS) is 11.4. The highest BCUT2D eigenvalue weighted by molar-refractivity contribution is 5.96. The van der Waals surface area contributed by atoms with Crippen molar-refractivity contribution < 1.29 is 9.90 Å². The molecule has 2 aromatic carbocycles. The number of rotatable bonds is 10. The molecule has 0 aliphatic rings. The molecule has 186 valence electrons. The molecule has 0 saturated carbocycles. The number of amides is 1. The van der Waals surface area contributed by atoms with Gasteiger partial charge in [0.15, 0.2) is 0 Å². The number of carbonyl (C=O) groups excluding carboxylic acids is 1. The number of aromatic nitrogens is 2. The van der Waals surface area contributed by atoms with Crippen LogP contribution in [0.25, 0.3) is 0 Å². The van der Waals surface area contributed by atoms with E-state index in [-0.39, 0.29) is 17.7 Å². The van der Waals surface area contributed by atoms with Gasteiger partial charge in [-0.25, -0.2) is 5.43 Å². The van der Waals surface area contributed by atoms with Crippen molar-refractivity contribution >= 4 is 18.3 Å². The van der Waals surface area contributed by atoms with Crippen LogP contribution in [0.5, 0.6) is 5.75 Å². The van der Waals surface area contributed by atoms with Crippen LogP contribution in [0.3, 0.4) is 0 Å². The molecule has 8 heteroatoms. The number of aliphatic imine (C=N–C) groups is 1. The van der Waals surface area contributed by atoms with Gasteiger partial charge in [-0.1, -0.05) is 30.3 Å². The van der Waals surface area contributed by atoms with E-state index >= 15 is 0 Å². The summed E-state index contributed by atoms with van der Waals surface area (Å²) >= 11 is 0. The van der Waals surface area contributed by atoms with Gasteiger partial charge in [0.1, 0.15) is 5.75 Å². The number of nitrogens with zero attached hydrogens (tertiary/aromatic N) is 4. The SMILES string of the molecule is Cc1cc(C=NCCNC(c2ccccn2)c2ccccn2)c(O)c(C=NNC(=O)c2ccccc2)c1. The summed E-state index contributed by atoms with van der Waals surface area (Å²) in [6.07, 6.45) is 6.59. The largest absolute Gasteiger partial charge is 0.507 e. The lowest BCUT2D eigenvalue weighted by atomic mass is 10.1.